The molecule has 0 spiro atoms. The molecule has 8 nitrogen and oxygen atoms in total. The van der Waals surface area contributed by atoms with Crippen LogP contribution >= 0.6 is 0 Å². The van der Waals surface area contributed by atoms with Crippen molar-refractivity contribution < 1.29 is 4.74 Å². The van der Waals surface area contributed by atoms with E-state index in [9.17, 15) is 5.26 Å². The molecule has 3 heterocycles. The smallest absolute Gasteiger partial charge is 0.153 e. The predicted octanol–water partition coefficient (Wildman–Crippen LogP) is 3.18. The number of ether oxygens (including phenoxy) is 1. The molecule has 3 N–H and O–H groups in total. The summed E-state index contributed by atoms with van der Waals surface area (Å²) in [6.07, 6.45) is 5.78. The summed E-state index contributed by atoms with van der Waals surface area (Å²) in [5, 5.41) is 22.9. The van der Waals surface area contributed by atoms with E-state index in [1.165, 1.54) is 12.8 Å². The van der Waals surface area contributed by atoms with Gasteiger partial charge in [-0.3, -0.25) is 10.1 Å². The maximum atomic E-state index is 9.30. The van der Waals surface area contributed by atoms with Gasteiger partial charge in [0, 0.05) is 23.9 Å². The molecule has 1 saturated carbocycles. The number of hydrogen-bond acceptors (Lipinski definition) is 7. The normalized spacial score (nSPS) is 13.0. The molecular formula is C19H19N7O. The molecule has 0 aliphatic heterocycles. The number of nitriles is 1. The molecule has 0 amide bonds. The Kier molecular flexibility index (Phi) is 4.83. The topological polar surface area (TPSA) is 112 Å². The van der Waals surface area contributed by atoms with Gasteiger partial charge in [-0.1, -0.05) is 0 Å². The summed E-state index contributed by atoms with van der Waals surface area (Å²) in [7, 11) is 0. The van der Waals surface area contributed by atoms with Crippen LogP contribution in [0, 0.1) is 11.3 Å². The van der Waals surface area contributed by atoms with E-state index in [1.807, 2.05) is 18.2 Å². The van der Waals surface area contributed by atoms with E-state index in [0.29, 0.717) is 42.0 Å². The number of aromatic nitrogens is 4. The third kappa shape index (κ3) is 4.33. The highest BCUT2D eigenvalue weighted by molar-refractivity contribution is 5.60. The average molecular weight is 361 g/mol. The van der Waals surface area contributed by atoms with Crippen LogP contribution in [0.4, 0.5) is 17.5 Å². The number of aromatic amines is 1. The number of pyridine rings is 2. The molecule has 4 rings (SSSR count). The number of hydrogen-bond donors (Lipinski definition) is 3. The Morgan fingerprint density at radius 1 is 1.26 bits per heavy atom. The Hall–Kier alpha value is -3.60. The zero-order chi connectivity index (χ0) is 18.5. The Labute approximate surface area is 156 Å². The molecule has 3 aromatic heterocycles. The van der Waals surface area contributed by atoms with Crippen molar-refractivity contribution in [2.24, 2.45) is 0 Å². The first-order valence-electron chi connectivity index (χ1n) is 8.82. The monoisotopic (exact) mass is 361 g/mol. The summed E-state index contributed by atoms with van der Waals surface area (Å²) >= 11 is 0. The zero-order valence-corrected chi connectivity index (χ0v) is 14.6. The van der Waals surface area contributed by atoms with Gasteiger partial charge in [-0.15, -0.1) is 0 Å². The molecule has 0 bridgehead atoms. The number of nitrogens with zero attached hydrogens (tertiary/aromatic N) is 4. The fourth-order valence-electron chi connectivity index (χ4n) is 2.66. The van der Waals surface area contributed by atoms with E-state index >= 15 is 0 Å². The lowest BCUT2D eigenvalue weighted by Gasteiger charge is -2.10. The molecule has 0 aromatic carbocycles. The minimum Gasteiger partial charge on any atom is -0.490 e. The summed E-state index contributed by atoms with van der Waals surface area (Å²) in [6, 6.07) is 11.3. The Morgan fingerprint density at radius 2 is 2.19 bits per heavy atom. The van der Waals surface area contributed by atoms with Crippen molar-refractivity contribution in [2.75, 3.05) is 23.8 Å². The van der Waals surface area contributed by atoms with Crippen LogP contribution in [0.2, 0.25) is 0 Å². The van der Waals surface area contributed by atoms with Crippen molar-refractivity contribution >= 4 is 17.5 Å². The third-order valence-corrected chi connectivity index (χ3v) is 4.18. The van der Waals surface area contributed by atoms with Crippen molar-refractivity contribution in [3.63, 3.8) is 0 Å². The third-order valence-electron chi connectivity index (χ3n) is 4.18. The first-order valence-corrected chi connectivity index (χ1v) is 8.82. The van der Waals surface area contributed by atoms with Crippen molar-refractivity contribution in [2.45, 2.75) is 18.8 Å². The van der Waals surface area contributed by atoms with Gasteiger partial charge in [0.05, 0.1) is 18.3 Å². The fourth-order valence-corrected chi connectivity index (χ4v) is 2.66. The second kappa shape index (κ2) is 7.74. The van der Waals surface area contributed by atoms with Gasteiger partial charge in [-0.25, -0.2) is 4.98 Å². The molecule has 1 fully saturated rings. The van der Waals surface area contributed by atoms with E-state index < -0.39 is 0 Å². The van der Waals surface area contributed by atoms with Gasteiger partial charge in [0.25, 0.3) is 0 Å². The molecule has 1 aliphatic rings. The number of anilines is 3. The van der Waals surface area contributed by atoms with Crippen molar-refractivity contribution in [1.29, 1.82) is 5.26 Å². The van der Waals surface area contributed by atoms with Crippen LogP contribution in [-0.4, -0.2) is 33.3 Å². The van der Waals surface area contributed by atoms with Gasteiger partial charge in [-0.05, 0) is 37.1 Å². The van der Waals surface area contributed by atoms with E-state index in [1.54, 1.807) is 24.5 Å². The summed E-state index contributed by atoms with van der Waals surface area (Å²) in [5.74, 6) is 3.17. The molecule has 0 unspecified atom stereocenters. The number of H-pyrrole nitrogens is 1. The summed E-state index contributed by atoms with van der Waals surface area (Å²) < 4.78 is 5.59. The molecule has 1 aliphatic carbocycles. The number of nitrogens with one attached hydrogen (secondary N) is 3. The highest BCUT2D eigenvalue weighted by atomic mass is 16.5. The lowest BCUT2D eigenvalue weighted by atomic mass is 10.2. The summed E-state index contributed by atoms with van der Waals surface area (Å²) in [4.78, 5) is 8.49. The van der Waals surface area contributed by atoms with Crippen LogP contribution in [0.15, 0.2) is 42.7 Å². The quantitative estimate of drug-likeness (QED) is 0.528. The first kappa shape index (κ1) is 16.8. The summed E-state index contributed by atoms with van der Waals surface area (Å²) in [6.45, 7) is 0.939. The molecule has 8 heteroatoms. The predicted molar refractivity (Wildman–Crippen MR) is 101 cm³/mol. The average Bonchev–Trinajstić information content (AvgIpc) is 3.46. The van der Waals surface area contributed by atoms with Crippen molar-refractivity contribution in [3.8, 4) is 11.8 Å². The van der Waals surface area contributed by atoms with Crippen LogP contribution in [0.3, 0.4) is 0 Å². The van der Waals surface area contributed by atoms with Crippen LogP contribution in [-0.2, 0) is 0 Å². The Morgan fingerprint density at radius 3 is 2.96 bits per heavy atom. The standard InChI is InChI=1S/C19H19N7O/c20-11-14-5-6-17(23-18-10-16(25-26-18)13-3-4-13)24-19(14)22-8-9-27-15-2-1-7-21-12-15/h1-2,5-7,10,12-13H,3-4,8-9H2,(H3,22,23,24,25,26). The fraction of sp³-hybridized carbons (Fsp3) is 0.263. The second-order valence-electron chi connectivity index (χ2n) is 6.28. The lowest BCUT2D eigenvalue weighted by Crippen LogP contribution is -2.13. The van der Waals surface area contributed by atoms with Crippen LogP contribution in [0.5, 0.6) is 5.75 Å². The lowest BCUT2D eigenvalue weighted by molar-refractivity contribution is 0.331. The highest BCUT2D eigenvalue weighted by Gasteiger charge is 2.25. The second-order valence-corrected chi connectivity index (χ2v) is 6.28. The van der Waals surface area contributed by atoms with Gasteiger partial charge in [0.2, 0.25) is 0 Å². The largest absolute Gasteiger partial charge is 0.490 e. The maximum Gasteiger partial charge on any atom is 0.153 e. The minimum absolute atomic E-state index is 0.431. The minimum atomic E-state index is 0.431. The maximum absolute atomic E-state index is 9.30. The molecule has 136 valence electrons. The van der Waals surface area contributed by atoms with Gasteiger partial charge in [0.15, 0.2) is 5.82 Å². The first-order chi connectivity index (χ1) is 13.3. The van der Waals surface area contributed by atoms with Crippen molar-refractivity contribution in [3.05, 3.63) is 54.0 Å². The van der Waals surface area contributed by atoms with Gasteiger partial charge in [-0.2, -0.15) is 10.4 Å². The molecule has 0 radical (unpaired) electrons. The Bertz CT molecular complexity index is 944. The van der Waals surface area contributed by atoms with E-state index in [4.69, 9.17) is 4.74 Å². The van der Waals surface area contributed by atoms with E-state index in [-0.39, 0.29) is 0 Å². The van der Waals surface area contributed by atoms with Gasteiger partial charge >= 0.3 is 0 Å². The van der Waals surface area contributed by atoms with Crippen LogP contribution < -0.4 is 15.4 Å². The molecule has 0 saturated heterocycles. The van der Waals surface area contributed by atoms with Gasteiger partial charge in [0.1, 0.15) is 30.1 Å². The number of rotatable bonds is 8. The van der Waals surface area contributed by atoms with E-state index in [0.717, 1.165) is 11.5 Å². The molecule has 3 aromatic rings. The highest BCUT2D eigenvalue weighted by Crippen LogP contribution is 2.39. The molecular weight excluding hydrogens is 342 g/mol. The zero-order valence-electron chi connectivity index (χ0n) is 14.6. The van der Waals surface area contributed by atoms with E-state index in [2.05, 4.69) is 36.9 Å². The SMILES string of the molecule is N#Cc1ccc(Nc2cc(C3CC3)[nH]n2)nc1NCCOc1cccnc1. The molecule has 27 heavy (non-hydrogen) atoms. The van der Waals surface area contributed by atoms with Crippen LogP contribution in [0.25, 0.3) is 0 Å². The Balaban J connectivity index is 1.37. The van der Waals surface area contributed by atoms with Gasteiger partial charge < -0.3 is 15.4 Å². The summed E-state index contributed by atoms with van der Waals surface area (Å²) in [5.41, 5.74) is 1.62. The van der Waals surface area contributed by atoms with Crippen molar-refractivity contribution in [1.82, 2.24) is 20.2 Å². The van der Waals surface area contributed by atoms with Crippen LogP contribution in [0.1, 0.15) is 30.0 Å². The molecule has 0 atom stereocenters.